The smallest absolute Gasteiger partial charge is 0.0973 e. The van der Waals surface area contributed by atoms with Crippen LogP contribution in [0.25, 0.3) is 82.6 Å². The first kappa shape index (κ1) is 23.9. The summed E-state index contributed by atoms with van der Waals surface area (Å²) in [6, 6.07) is 53.7. The van der Waals surface area contributed by atoms with E-state index >= 15 is 0 Å². The Morgan fingerprint density at radius 1 is 0.395 bits per heavy atom. The number of nitrogens with zero attached hydrogens (tertiary/aromatic N) is 3. The number of hydrogen-bond acceptors (Lipinski definition) is 2. The van der Waals surface area contributed by atoms with E-state index in [-0.39, 0.29) is 0 Å². The van der Waals surface area contributed by atoms with Gasteiger partial charge in [-0.2, -0.15) is 0 Å². The Morgan fingerprint density at radius 3 is 1.70 bits per heavy atom. The maximum Gasteiger partial charge on any atom is 0.0973 e. The van der Waals surface area contributed by atoms with Gasteiger partial charge in [0.1, 0.15) is 0 Å². The first-order valence-corrected chi connectivity index (χ1v) is 14.6. The predicted molar refractivity (Wildman–Crippen MR) is 180 cm³/mol. The van der Waals surface area contributed by atoms with Crippen LogP contribution < -0.4 is 0 Å². The number of fused-ring (bicyclic) bond motifs is 7. The lowest BCUT2D eigenvalue weighted by molar-refractivity contribution is 1.19. The molecule has 9 rings (SSSR count). The molecule has 0 bridgehead atoms. The average Bonchev–Trinajstić information content (AvgIpc) is 3.40. The van der Waals surface area contributed by atoms with Gasteiger partial charge in [-0.15, -0.1) is 0 Å². The zero-order valence-electron chi connectivity index (χ0n) is 23.3. The van der Waals surface area contributed by atoms with Crippen molar-refractivity contribution in [3.8, 4) is 28.2 Å². The third kappa shape index (κ3) is 3.75. The van der Waals surface area contributed by atoms with Crippen LogP contribution in [0.15, 0.2) is 152 Å². The van der Waals surface area contributed by atoms with E-state index < -0.39 is 0 Å². The van der Waals surface area contributed by atoms with Crippen LogP contribution in [0.2, 0.25) is 0 Å². The number of hydrogen-bond donors (Lipinski definition) is 0. The lowest BCUT2D eigenvalue weighted by Gasteiger charge is -2.13. The molecule has 200 valence electrons. The summed E-state index contributed by atoms with van der Waals surface area (Å²) in [5.41, 5.74) is 9.20. The van der Waals surface area contributed by atoms with Crippen molar-refractivity contribution >= 4 is 54.4 Å². The molecule has 0 saturated heterocycles. The molecule has 0 saturated carbocycles. The highest BCUT2D eigenvalue weighted by atomic mass is 15.0. The highest BCUT2D eigenvalue weighted by Crippen LogP contribution is 2.39. The van der Waals surface area contributed by atoms with Gasteiger partial charge < -0.3 is 4.57 Å². The number of benzene rings is 7. The van der Waals surface area contributed by atoms with Crippen LogP contribution in [0.3, 0.4) is 0 Å². The molecule has 0 radical (unpaired) electrons. The van der Waals surface area contributed by atoms with Crippen molar-refractivity contribution in [2.45, 2.75) is 0 Å². The van der Waals surface area contributed by atoms with Crippen LogP contribution in [-0.4, -0.2) is 14.5 Å². The third-order valence-electron chi connectivity index (χ3n) is 8.54. The van der Waals surface area contributed by atoms with Crippen molar-refractivity contribution in [1.82, 2.24) is 14.5 Å². The van der Waals surface area contributed by atoms with Crippen LogP contribution in [0.4, 0.5) is 0 Å². The third-order valence-corrected chi connectivity index (χ3v) is 8.54. The van der Waals surface area contributed by atoms with Crippen LogP contribution in [0.5, 0.6) is 0 Å². The second kappa shape index (κ2) is 9.37. The van der Waals surface area contributed by atoms with Crippen LogP contribution in [-0.2, 0) is 0 Å². The molecule has 0 unspecified atom stereocenters. The fourth-order valence-corrected chi connectivity index (χ4v) is 6.50. The normalized spacial score (nSPS) is 11.7. The molecule has 9 aromatic rings. The van der Waals surface area contributed by atoms with Gasteiger partial charge in [-0.3, -0.25) is 0 Å². The molecule has 3 nitrogen and oxygen atoms in total. The van der Waals surface area contributed by atoms with Gasteiger partial charge in [-0.25, -0.2) is 9.97 Å². The largest absolute Gasteiger partial charge is 0.309 e. The number of para-hydroxylation sites is 2. The van der Waals surface area contributed by atoms with Gasteiger partial charge in [0.15, 0.2) is 0 Å². The molecule has 2 heterocycles. The molecule has 0 aliphatic rings. The van der Waals surface area contributed by atoms with Crippen molar-refractivity contribution in [1.29, 1.82) is 0 Å². The monoisotopic (exact) mass is 547 g/mol. The van der Waals surface area contributed by atoms with E-state index in [1.165, 1.54) is 43.4 Å². The van der Waals surface area contributed by atoms with Gasteiger partial charge in [0.2, 0.25) is 0 Å². The Bertz CT molecular complexity index is 2490. The molecule has 7 aromatic carbocycles. The highest BCUT2D eigenvalue weighted by molar-refractivity contribution is 6.20. The molecule has 0 amide bonds. The van der Waals surface area contributed by atoms with Gasteiger partial charge in [0.25, 0.3) is 0 Å². The maximum atomic E-state index is 5.12. The molecular weight excluding hydrogens is 522 g/mol. The predicted octanol–water partition coefficient (Wildman–Crippen LogP) is 10.4. The zero-order valence-corrected chi connectivity index (χ0v) is 23.3. The van der Waals surface area contributed by atoms with Gasteiger partial charge in [0.05, 0.1) is 33.5 Å². The van der Waals surface area contributed by atoms with E-state index in [0.717, 1.165) is 39.2 Å². The van der Waals surface area contributed by atoms with Gasteiger partial charge >= 0.3 is 0 Å². The van der Waals surface area contributed by atoms with Crippen LogP contribution in [0, 0.1) is 0 Å². The lowest BCUT2D eigenvalue weighted by atomic mass is 10.0. The second-order valence-electron chi connectivity index (χ2n) is 11.1. The standard InChI is InChI=1S/C40H25N3/c1-2-11-27(12-3-1)38-39(42-36-17-9-8-16-35(36)41-38)28-18-21-31(22-19-28)43-37-25-30-14-5-4-13-29(30)24-34(37)33-23-20-26-10-6-7-15-32(26)40(33)43/h1-25H. The summed E-state index contributed by atoms with van der Waals surface area (Å²) in [6.45, 7) is 0. The Hall–Kier alpha value is -5.80. The van der Waals surface area contributed by atoms with Crippen molar-refractivity contribution in [3.63, 3.8) is 0 Å². The molecule has 0 fully saturated rings. The molecule has 3 heteroatoms. The molecule has 0 spiro atoms. The van der Waals surface area contributed by atoms with Crippen molar-refractivity contribution < 1.29 is 0 Å². The van der Waals surface area contributed by atoms with E-state index in [1.54, 1.807) is 0 Å². The minimum absolute atomic E-state index is 0.884. The zero-order chi connectivity index (χ0) is 28.3. The highest BCUT2D eigenvalue weighted by Gasteiger charge is 2.17. The first-order chi connectivity index (χ1) is 21.3. The summed E-state index contributed by atoms with van der Waals surface area (Å²) in [4.78, 5) is 10.2. The van der Waals surface area contributed by atoms with E-state index in [9.17, 15) is 0 Å². The number of rotatable bonds is 3. The second-order valence-corrected chi connectivity index (χ2v) is 11.1. The first-order valence-electron chi connectivity index (χ1n) is 14.6. The van der Waals surface area contributed by atoms with Crippen molar-refractivity contribution in [2.24, 2.45) is 0 Å². The van der Waals surface area contributed by atoms with E-state index in [4.69, 9.17) is 9.97 Å². The summed E-state index contributed by atoms with van der Waals surface area (Å²) in [5, 5.41) is 7.49. The van der Waals surface area contributed by atoms with E-state index in [2.05, 4.69) is 126 Å². The summed E-state index contributed by atoms with van der Waals surface area (Å²) in [5.74, 6) is 0. The molecule has 0 atom stereocenters. The van der Waals surface area contributed by atoms with Gasteiger partial charge in [-0.1, -0.05) is 115 Å². The molecule has 0 aliphatic heterocycles. The Kier molecular flexibility index (Phi) is 5.20. The maximum absolute atomic E-state index is 5.12. The fourth-order valence-electron chi connectivity index (χ4n) is 6.50. The summed E-state index contributed by atoms with van der Waals surface area (Å²) in [7, 11) is 0. The van der Waals surface area contributed by atoms with Gasteiger partial charge in [-0.05, 0) is 52.6 Å². The average molecular weight is 548 g/mol. The molecule has 0 aliphatic carbocycles. The molecule has 43 heavy (non-hydrogen) atoms. The Balaban J connectivity index is 1.30. The topological polar surface area (TPSA) is 30.7 Å². The molecular formula is C40H25N3. The minimum atomic E-state index is 0.884. The minimum Gasteiger partial charge on any atom is -0.309 e. The molecule has 0 N–H and O–H groups in total. The van der Waals surface area contributed by atoms with E-state index in [1.807, 2.05) is 30.3 Å². The summed E-state index contributed by atoms with van der Waals surface area (Å²) in [6.07, 6.45) is 0. The summed E-state index contributed by atoms with van der Waals surface area (Å²) < 4.78 is 2.42. The SMILES string of the molecule is c1ccc(-c2nc3ccccc3nc2-c2ccc(-n3c4cc5ccccc5cc4c4ccc5ccccc5c43)cc2)cc1. The fraction of sp³-hybridized carbons (Fsp3) is 0. The number of aromatic nitrogens is 3. The van der Waals surface area contributed by atoms with Crippen molar-refractivity contribution in [3.05, 3.63) is 152 Å². The summed E-state index contributed by atoms with van der Waals surface area (Å²) >= 11 is 0. The Labute approximate surface area is 248 Å². The molecule has 2 aromatic heterocycles. The lowest BCUT2D eigenvalue weighted by Crippen LogP contribution is -1.97. The van der Waals surface area contributed by atoms with E-state index in [0.29, 0.717) is 0 Å². The van der Waals surface area contributed by atoms with Crippen LogP contribution in [0.1, 0.15) is 0 Å². The Morgan fingerprint density at radius 2 is 0.977 bits per heavy atom. The van der Waals surface area contributed by atoms with Crippen molar-refractivity contribution in [2.75, 3.05) is 0 Å². The van der Waals surface area contributed by atoms with Crippen LogP contribution >= 0.6 is 0 Å². The quantitative estimate of drug-likeness (QED) is 0.220. The van der Waals surface area contributed by atoms with Gasteiger partial charge in [0, 0.05) is 33.0 Å².